The van der Waals surface area contributed by atoms with E-state index in [9.17, 15) is 9.59 Å². The largest absolute Gasteiger partial charge is 0.493 e. The summed E-state index contributed by atoms with van der Waals surface area (Å²) in [4.78, 5) is 38.4. The number of benzene rings is 3. The van der Waals surface area contributed by atoms with Crippen molar-refractivity contribution in [2.24, 2.45) is 0 Å². The molecule has 6 aromatic rings. The Bertz CT molecular complexity index is 2270. The zero-order valence-electron chi connectivity index (χ0n) is 27.9. The Balaban J connectivity index is 1.08. The predicted molar refractivity (Wildman–Crippen MR) is 195 cm³/mol. The van der Waals surface area contributed by atoms with E-state index in [0.29, 0.717) is 56.5 Å². The number of pyridine rings is 3. The number of methoxy groups -OCH3 is 1. The maximum atomic E-state index is 15.5. The Morgan fingerprint density at radius 2 is 1.73 bits per heavy atom. The van der Waals surface area contributed by atoms with Crippen LogP contribution in [0.3, 0.4) is 0 Å². The molecule has 3 aromatic heterocycles. The smallest absolute Gasteiger partial charge is 0.269 e. The maximum absolute atomic E-state index is 15.5. The van der Waals surface area contributed by atoms with Crippen molar-refractivity contribution >= 4 is 45.1 Å². The Morgan fingerprint density at radius 3 is 2.51 bits per heavy atom. The molecule has 260 valence electrons. The molecular formula is C39H35ClFN5O5. The minimum atomic E-state index is -0.723. The lowest BCUT2D eigenvalue weighted by molar-refractivity contribution is 0.102. The van der Waals surface area contributed by atoms with Gasteiger partial charge in [0.2, 0.25) is 0 Å². The van der Waals surface area contributed by atoms with E-state index in [2.05, 4.69) is 20.2 Å². The second-order valence-corrected chi connectivity index (χ2v) is 12.7. The van der Waals surface area contributed by atoms with Crippen molar-refractivity contribution in [1.29, 1.82) is 0 Å². The molecule has 51 heavy (non-hydrogen) atoms. The number of anilines is 1. The SMILES string of the molecule is COc1cc2c(Oc3ccc(NC(=O)c4cc5cccnc5n(-c5ccc(Cl)cc5)c4=O)cc3F)ccnc2cc1OCCCN1CCCCC1. The van der Waals surface area contributed by atoms with E-state index >= 15 is 4.39 Å². The van der Waals surface area contributed by atoms with Crippen LogP contribution in [0.15, 0.2) is 96.1 Å². The number of halogens is 2. The highest BCUT2D eigenvalue weighted by molar-refractivity contribution is 6.30. The summed E-state index contributed by atoms with van der Waals surface area (Å²) >= 11 is 6.06. The van der Waals surface area contributed by atoms with Gasteiger partial charge in [-0.15, -0.1) is 0 Å². The molecule has 12 heteroatoms. The fraction of sp³-hybridized carbons (Fsp3) is 0.231. The first-order valence-electron chi connectivity index (χ1n) is 16.8. The molecule has 10 nitrogen and oxygen atoms in total. The first-order valence-corrected chi connectivity index (χ1v) is 17.1. The van der Waals surface area contributed by atoms with Crippen LogP contribution < -0.4 is 25.1 Å². The molecule has 0 bridgehead atoms. The summed E-state index contributed by atoms with van der Waals surface area (Å²) in [5, 5.41) is 4.31. The van der Waals surface area contributed by atoms with Crippen molar-refractivity contribution in [2.75, 3.05) is 38.7 Å². The van der Waals surface area contributed by atoms with Crippen LogP contribution in [-0.4, -0.2) is 58.7 Å². The molecule has 0 saturated carbocycles. The second kappa shape index (κ2) is 15.2. The van der Waals surface area contributed by atoms with E-state index in [1.54, 1.807) is 74.1 Å². The highest BCUT2D eigenvalue weighted by atomic mass is 35.5. The first-order chi connectivity index (χ1) is 24.9. The van der Waals surface area contributed by atoms with E-state index in [1.807, 2.05) is 0 Å². The third-order valence-electron chi connectivity index (χ3n) is 8.81. The summed E-state index contributed by atoms with van der Waals surface area (Å²) < 4.78 is 34.6. The van der Waals surface area contributed by atoms with Crippen LogP contribution >= 0.6 is 11.6 Å². The number of nitrogens with one attached hydrogen (secondary N) is 1. The number of fused-ring (bicyclic) bond motifs is 2. The standard InChI is InChI=1S/C39H35ClFN5O5/c1-49-35-23-29-32(24-36(35)50-20-6-19-45-17-3-2-4-18-45)42-16-14-33(29)51-34-13-10-27(22-31(34)41)44-38(47)30-21-25-7-5-15-43-37(25)46(39(30)48)28-11-8-26(40)9-12-28/h5,7-16,21-24H,2-4,6,17-20H2,1H3,(H,44,47). The molecular weight excluding hydrogens is 673 g/mol. The molecule has 0 unspecified atom stereocenters. The molecule has 1 fully saturated rings. The molecule has 4 heterocycles. The number of nitrogens with zero attached hydrogens (tertiary/aromatic N) is 4. The zero-order chi connectivity index (χ0) is 35.3. The van der Waals surface area contributed by atoms with Crippen LogP contribution in [0.1, 0.15) is 36.0 Å². The summed E-state index contributed by atoms with van der Waals surface area (Å²) in [6.45, 7) is 3.81. The molecule has 0 aliphatic carbocycles. The van der Waals surface area contributed by atoms with Gasteiger partial charge in [-0.25, -0.2) is 9.37 Å². The van der Waals surface area contributed by atoms with E-state index in [0.717, 1.165) is 32.1 Å². The average Bonchev–Trinajstić information content (AvgIpc) is 3.15. The van der Waals surface area contributed by atoms with Crippen LogP contribution in [0.2, 0.25) is 5.02 Å². The molecule has 0 atom stereocenters. The number of rotatable bonds is 11. The number of aromatic nitrogens is 3. The summed E-state index contributed by atoms with van der Waals surface area (Å²) in [6.07, 6.45) is 7.84. The molecule has 0 spiro atoms. The number of likely N-dealkylation sites (tertiary alicyclic amines) is 1. The molecule has 1 saturated heterocycles. The first kappa shape index (κ1) is 34.0. The number of hydrogen-bond donors (Lipinski definition) is 1. The Morgan fingerprint density at radius 1 is 0.902 bits per heavy atom. The number of amides is 1. The Kier molecular flexibility index (Phi) is 10.1. The number of hydrogen-bond acceptors (Lipinski definition) is 8. The van der Waals surface area contributed by atoms with Crippen molar-refractivity contribution < 1.29 is 23.4 Å². The van der Waals surface area contributed by atoms with Crippen molar-refractivity contribution in [2.45, 2.75) is 25.7 Å². The Hall–Kier alpha value is -5.52. The van der Waals surface area contributed by atoms with Crippen molar-refractivity contribution in [3.8, 4) is 28.7 Å². The molecule has 1 N–H and O–H groups in total. The maximum Gasteiger partial charge on any atom is 0.269 e. The van der Waals surface area contributed by atoms with Crippen LogP contribution in [0.4, 0.5) is 10.1 Å². The molecule has 1 aliphatic rings. The van der Waals surface area contributed by atoms with Gasteiger partial charge in [0.1, 0.15) is 17.0 Å². The fourth-order valence-electron chi connectivity index (χ4n) is 6.26. The number of ether oxygens (including phenoxy) is 3. The lowest BCUT2D eigenvalue weighted by Gasteiger charge is -2.26. The van der Waals surface area contributed by atoms with Gasteiger partial charge < -0.3 is 24.4 Å². The second-order valence-electron chi connectivity index (χ2n) is 12.2. The fourth-order valence-corrected chi connectivity index (χ4v) is 6.38. The molecule has 1 aliphatic heterocycles. The summed E-state index contributed by atoms with van der Waals surface area (Å²) in [7, 11) is 1.56. The quantitative estimate of drug-likeness (QED) is 0.135. The van der Waals surface area contributed by atoms with Gasteiger partial charge in [-0.2, -0.15) is 0 Å². The monoisotopic (exact) mass is 707 g/mol. The Labute approximate surface area is 298 Å². The topological polar surface area (TPSA) is 108 Å². The minimum Gasteiger partial charge on any atom is -0.493 e. The summed E-state index contributed by atoms with van der Waals surface area (Å²) in [5.74, 6) is -0.0610. The average molecular weight is 708 g/mol. The van der Waals surface area contributed by atoms with Gasteiger partial charge in [-0.3, -0.25) is 19.1 Å². The highest BCUT2D eigenvalue weighted by Gasteiger charge is 2.19. The third kappa shape index (κ3) is 7.50. The van der Waals surface area contributed by atoms with Gasteiger partial charge in [0.05, 0.1) is 24.9 Å². The van der Waals surface area contributed by atoms with Crippen molar-refractivity contribution in [3.63, 3.8) is 0 Å². The molecule has 7 rings (SSSR count). The van der Waals surface area contributed by atoms with Gasteiger partial charge in [-0.05, 0) is 99.1 Å². The van der Waals surface area contributed by atoms with E-state index in [1.165, 1.54) is 42.0 Å². The van der Waals surface area contributed by atoms with Gasteiger partial charge in [0.15, 0.2) is 23.1 Å². The predicted octanol–water partition coefficient (Wildman–Crippen LogP) is 8.03. The molecule has 1 amide bonds. The zero-order valence-corrected chi connectivity index (χ0v) is 28.7. The number of piperidine rings is 1. The minimum absolute atomic E-state index is 0.0700. The van der Waals surface area contributed by atoms with Crippen LogP contribution in [-0.2, 0) is 0 Å². The van der Waals surface area contributed by atoms with Gasteiger partial charge in [0, 0.05) is 52.6 Å². The molecule has 0 radical (unpaired) electrons. The van der Waals surface area contributed by atoms with Crippen LogP contribution in [0, 0.1) is 5.82 Å². The lowest BCUT2D eigenvalue weighted by atomic mass is 10.1. The summed E-state index contributed by atoms with van der Waals surface area (Å²) in [6, 6.07) is 20.8. The normalized spacial score (nSPS) is 13.3. The van der Waals surface area contributed by atoms with Crippen molar-refractivity contribution in [1.82, 2.24) is 19.4 Å². The number of carbonyl (C=O) groups excluding carboxylic acids is 1. The third-order valence-corrected chi connectivity index (χ3v) is 9.06. The van der Waals surface area contributed by atoms with Gasteiger partial charge >= 0.3 is 0 Å². The van der Waals surface area contributed by atoms with Crippen LogP contribution in [0.25, 0.3) is 27.6 Å². The van der Waals surface area contributed by atoms with E-state index in [4.69, 9.17) is 25.8 Å². The van der Waals surface area contributed by atoms with Crippen molar-refractivity contribution in [3.05, 3.63) is 118 Å². The lowest BCUT2D eigenvalue weighted by Crippen LogP contribution is -2.31. The number of carbonyl (C=O) groups is 1. The highest BCUT2D eigenvalue weighted by Crippen LogP contribution is 2.38. The van der Waals surface area contributed by atoms with Gasteiger partial charge in [-0.1, -0.05) is 18.0 Å². The van der Waals surface area contributed by atoms with Gasteiger partial charge in [0.25, 0.3) is 11.5 Å². The molecule has 3 aromatic carbocycles. The van der Waals surface area contributed by atoms with E-state index in [-0.39, 0.29) is 17.0 Å². The van der Waals surface area contributed by atoms with Crippen LogP contribution in [0.5, 0.6) is 23.0 Å². The van der Waals surface area contributed by atoms with E-state index < -0.39 is 17.3 Å². The summed E-state index contributed by atoms with van der Waals surface area (Å²) in [5.41, 5.74) is 0.863.